The zero-order valence-corrected chi connectivity index (χ0v) is 26.3. The smallest absolute Gasteiger partial charge is 0.407 e. The Balaban J connectivity index is 1.63. The summed E-state index contributed by atoms with van der Waals surface area (Å²) in [4.78, 5) is 25.1. The number of carbonyl (C=O) groups excluding carboxylic acids is 2. The standard InChI is InChI=1S/C32H34Cl3NO8/c1-22(37)43-30-27(36-31(38)42-21-32(33,34)35)29(41-19-25-15-9-4-10-16-25)28(40-18-24-13-7-3-8-14-24)26(44-30)20-39-17-23-11-5-2-6-12-23/h2-16,26-30H,17-21H2,1H3,(H,36,38)/t26-,27-,28+,29-,30+/m1/s1. The maximum absolute atomic E-state index is 12.9. The summed E-state index contributed by atoms with van der Waals surface area (Å²) in [5.41, 5.74) is 2.75. The van der Waals surface area contributed by atoms with Crippen LogP contribution in [0.5, 0.6) is 0 Å². The Morgan fingerprint density at radius 2 is 1.27 bits per heavy atom. The Bertz CT molecular complexity index is 1300. The number of ether oxygens (including phenoxy) is 6. The van der Waals surface area contributed by atoms with Gasteiger partial charge in [-0.25, -0.2) is 4.79 Å². The molecule has 1 N–H and O–H groups in total. The number of alkyl halides is 3. The largest absolute Gasteiger partial charge is 0.445 e. The third-order valence-corrected chi connectivity index (χ3v) is 6.87. The minimum atomic E-state index is -1.83. The summed E-state index contributed by atoms with van der Waals surface area (Å²) < 4.78 is 34.0. The summed E-state index contributed by atoms with van der Waals surface area (Å²) in [7, 11) is 0. The molecule has 0 radical (unpaired) electrons. The quantitative estimate of drug-likeness (QED) is 0.172. The molecule has 0 aliphatic carbocycles. The first-order chi connectivity index (χ1) is 21.2. The third-order valence-electron chi connectivity index (χ3n) is 6.54. The Morgan fingerprint density at radius 1 is 0.773 bits per heavy atom. The number of hydrogen-bond acceptors (Lipinski definition) is 8. The molecule has 0 unspecified atom stereocenters. The fourth-order valence-electron chi connectivity index (χ4n) is 4.58. The van der Waals surface area contributed by atoms with E-state index < -0.39 is 53.1 Å². The van der Waals surface area contributed by atoms with Crippen molar-refractivity contribution in [1.29, 1.82) is 0 Å². The molecular weight excluding hydrogens is 633 g/mol. The summed E-state index contributed by atoms with van der Waals surface area (Å²) in [5.74, 6) is -0.633. The van der Waals surface area contributed by atoms with Crippen molar-refractivity contribution in [3.63, 3.8) is 0 Å². The number of rotatable bonds is 13. The topological polar surface area (TPSA) is 102 Å². The van der Waals surface area contributed by atoms with E-state index in [1.54, 1.807) is 0 Å². The van der Waals surface area contributed by atoms with Gasteiger partial charge in [-0.05, 0) is 16.7 Å². The van der Waals surface area contributed by atoms with Crippen molar-refractivity contribution in [2.24, 2.45) is 0 Å². The summed E-state index contributed by atoms with van der Waals surface area (Å²) in [5, 5.41) is 2.68. The molecule has 1 heterocycles. The zero-order chi connectivity index (χ0) is 31.4. The molecule has 0 bridgehead atoms. The number of amides is 1. The molecule has 1 amide bonds. The van der Waals surface area contributed by atoms with Crippen LogP contribution in [0, 0.1) is 0 Å². The van der Waals surface area contributed by atoms with Crippen LogP contribution in [-0.2, 0) is 53.0 Å². The van der Waals surface area contributed by atoms with Gasteiger partial charge in [0, 0.05) is 6.92 Å². The van der Waals surface area contributed by atoms with Gasteiger partial charge in [-0.2, -0.15) is 0 Å². The van der Waals surface area contributed by atoms with Crippen molar-refractivity contribution in [2.45, 2.75) is 61.2 Å². The number of nitrogens with one attached hydrogen (secondary N) is 1. The molecule has 0 aromatic heterocycles. The first-order valence-corrected chi connectivity index (χ1v) is 15.1. The van der Waals surface area contributed by atoms with Crippen molar-refractivity contribution in [2.75, 3.05) is 13.2 Å². The summed E-state index contributed by atoms with van der Waals surface area (Å²) in [6.45, 7) is 1.46. The molecule has 0 spiro atoms. The monoisotopic (exact) mass is 665 g/mol. The summed E-state index contributed by atoms with van der Waals surface area (Å²) in [6.07, 6.45) is -4.67. The Kier molecular flexibility index (Phi) is 13.1. The molecule has 5 atom stereocenters. The number of halogens is 3. The average molecular weight is 667 g/mol. The maximum atomic E-state index is 12.9. The molecule has 9 nitrogen and oxygen atoms in total. The normalized spacial score (nSPS) is 21.8. The van der Waals surface area contributed by atoms with E-state index >= 15 is 0 Å². The van der Waals surface area contributed by atoms with Crippen LogP contribution in [0.4, 0.5) is 4.79 Å². The van der Waals surface area contributed by atoms with Gasteiger partial charge in [-0.15, -0.1) is 0 Å². The highest BCUT2D eigenvalue weighted by Crippen LogP contribution is 2.30. The van der Waals surface area contributed by atoms with Gasteiger partial charge in [-0.1, -0.05) is 126 Å². The Morgan fingerprint density at radius 3 is 1.77 bits per heavy atom. The van der Waals surface area contributed by atoms with Gasteiger partial charge < -0.3 is 33.7 Å². The first-order valence-electron chi connectivity index (χ1n) is 13.9. The molecule has 12 heteroatoms. The van der Waals surface area contributed by atoms with Crippen LogP contribution in [0.15, 0.2) is 91.0 Å². The molecule has 3 aromatic rings. The third kappa shape index (κ3) is 11.2. The minimum absolute atomic E-state index is 0.0712. The van der Waals surface area contributed by atoms with Gasteiger partial charge in [0.25, 0.3) is 0 Å². The van der Waals surface area contributed by atoms with E-state index in [0.717, 1.165) is 16.7 Å². The van der Waals surface area contributed by atoms with Gasteiger partial charge in [0.2, 0.25) is 10.1 Å². The van der Waals surface area contributed by atoms with Gasteiger partial charge in [-0.3, -0.25) is 4.79 Å². The van der Waals surface area contributed by atoms with Crippen LogP contribution in [0.25, 0.3) is 0 Å². The van der Waals surface area contributed by atoms with E-state index in [1.165, 1.54) is 6.92 Å². The molecule has 0 saturated carbocycles. The molecule has 3 aromatic carbocycles. The number of carbonyl (C=O) groups is 2. The predicted octanol–water partition coefficient (Wildman–Crippen LogP) is 6.13. The first kappa shape index (κ1) is 34.0. The van der Waals surface area contributed by atoms with Crippen LogP contribution in [0.2, 0.25) is 0 Å². The van der Waals surface area contributed by atoms with E-state index in [2.05, 4.69) is 5.32 Å². The van der Waals surface area contributed by atoms with Gasteiger partial charge in [0.15, 0.2) is 0 Å². The second-order valence-electron chi connectivity index (χ2n) is 10.0. The fourth-order valence-corrected chi connectivity index (χ4v) is 4.74. The lowest BCUT2D eigenvalue weighted by molar-refractivity contribution is -0.282. The van der Waals surface area contributed by atoms with Crippen molar-refractivity contribution in [1.82, 2.24) is 5.32 Å². The van der Waals surface area contributed by atoms with Crippen LogP contribution >= 0.6 is 34.8 Å². The van der Waals surface area contributed by atoms with Crippen molar-refractivity contribution in [3.05, 3.63) is 108 Å². The summed E-state index contributed by atoms with van der Waals surface area (Å²) in [6, 6.07) is 27.6. The number of benzene rings is 3. The SMILES string of the molecule is CC(=O)O[C@H]1O[C@H](COCc2ccccc2)[C@H](OCc2ccccc2)[C@H](OCc2ccccc2)[C@H]1NC(=O)OCC(Cl)(Cl)Cl. The second-order valence-corrected chi connectivity index (χ2v) is 12.6. The lowest BCUT2D eigenvalue weighted by Crippen LogP contribution is -2.66. The molecule has 44 heavy (non-hydrogen) atoms. The van der Waals surface area contributed by atoms with Crippen LogP contribution in [-0.4, -0.2) is 59.7 Å². The molecular formula is C32H34Cl3NO8. The highest BCUT2D eigenvalue weighted by molar-refractivity contribution is 6.67. The van der Waals surface area contributed by atoms with Gasteiger partial charge >= 0.3 is 12.1 Å². The Labute approximate surface area is 271 Å². The summed E-state index contributed by atoms with van der Waals surface area (Å²) >= 11 is 17.3. The highest BCUT2D eigenvalue weighted by Gasteiger charge is 2.50. The zero-order valence-electron chi connectivity index (χ0n) is 24.0. The van der Waals surface area contributed by atoms with Crippen molar-refractivity contribution >= 4 is 46.9 Å². The van der Waals surface area contributed by atoms with E-state index in [-0.39, 0.29) is 19.8 Å². The van der Waals surface area contributed by atoms with Gasteiger partial charge in [0.05, 0.1) is 26.4 Å². The number of esters is 1. The maximum Gasteiger partial charge on any atom is 0.407 e. The molecule has 1 fully saturated rings. The highest BCUT2D eigenvalue weighted by atomic mass is 35.6. The lowest BCUT2D eigenvalue weighted by atomic mass is 9.96. The predicted molar refractivity (Wildman–Crippen MR) is 165 cm³/mol. The van der Waals surface area contributed by atoms with Crippen LogP contribution in [0.3, 0.4) is 0 Å². The van der Waals surface area contributed by atoms with Crippen molar-refractivity contribution < 1.29 is 38.0 Å². The minimum Gasteiger partial charge on any atom is -0.445 e. The van der Waals surface area contributed by atoms with Crippen LogP contribution < -0.4 is 5.32 Å². The molecule has 236 valence electrons. The van der Waals surface area contributed by atoms with E-state index in [0.29, 0.717) is 6.61 Å². The molecule has 1 aliphatic heterocycles. The fraction of sp³-hybridized carbons (Fsp3) is 0.375. The second kappa shape index (κ2) is 17.0. The van der Waals surface area contributed by atoms with E-state index in [9.17, 15) is 9.59 Å². The lowest BCUT2D eigenvalue weighted by Gasteiger charge is -2.45. The number of alkyl carbamates (subject to hydrolysis) is 1. The number of hydrogen-bond donors (Lipinski definition) is 1. The van der Waals surface area contributed by atoms with Gasteiger partial charge in [0.1, 0.15) is 31.0 Å². The Hall–Kier alpha value is -2.89. The van der Waals surface area contributed by atoms with Crippen molar-refractivity contribution in [3.8, 4) is 0 Å². The van der Waals surface area contributed by atoms with E-state index in [4.69, 9.17) is 63.2 Å². The molecule has 1 aliphatic rings. The van der Waals surface area contributed by atoms with E-state index in [1.807, 2.05) is 91.0 Å². The van der Waals surface area contributed by atoms with Crippen LogP contribution in [0.1, 0.15) is 23.6 Å². The molecule has 1 saturated heterocycles. The molecule has 4 rings (SSSR count). The average Bonchev–Trinajstić information content (AvgIpc) is 3.00.